The zero-order valence-electron chi connectivity index (χ0n) is 22.0. The van der Waals surface area contributed by atoms with E-state index in [1.54, 1.807) is 13.8 Å². The summed E-state index contributed by atoms with van der Waals surface area (Å²) >= 11 is 0. The quantitative estimate of drug-likeness (QED) is 0.275. The largest absolute Gasteiger partial charge is 0.304 e. The van der Waals surface area contributed by atoms with Crippen LogP contribution in [0.1, 0.15) is 121 Å². The fraction of sp³-hybridized carbons (Fsp3) is 0.679. The van der Waals surface area contributed by atoms with Gasteiger partial charge in [-0.15, -0.1) is 0 Å². The second-order valence-electron chi connectivity index (χ2n) is 8.28. The van der Waals surface area contributed by atoms with Gasteiger partial charge in [-0.3, -0.25) is 0 Å². The third-order valence-corrected chi connectivity index (χ3v) is 4.87. The molecule has 3 nitrogen and oxygen atoms in total. The highest BCUT2D eigenvalue weighted by Crippen LogP contribution is 2.13. The highest BCUT2D eigenvalue weighted by Gasteiger charge is 1.95. The van der Waals surface area contributed by atoms with E-state index < -0.39 is 0 Å². The van der Waals surface area contributed by atoms with Crippen LogP contribution < -0.4 is 0 Å². The predicted octanol–water partition coefficient (Wildman–Crippen LogP) is 8.22. The van der Waals surface area contributed by atoms with Crippen molar-refractivity contribution in [1.82, 2.24) is 0 Å². The molecule has 0 N–H and O–H groups in total. The number of rotatable bonds is 10. The van der Waals surface area contributed by atoms with Gasteiger partial charge in [0.15, 0.2) is 0 Å². The summed E-state index contributed by atoms with van der Waals surface area (Å²) in [6.45, 7) is 17.7. The van der Waals surface area contributed by atoms with Gasteiger partial charge >= 0.3 is 0 Å². The molecule has 0 aromatic heterocycles. The Morgan fingerprint density at radius 1 is 0.645 bits per heavy atom. The monoisotopic (exact) mass is 434 g/mol. The van der Waals surface area contributed by atoms with Crippen LogP contribution in [0.3, 0.4) is 0 Å². The SMILES string of the molecule is CC=O.CCCCCCC(C)=O.CCCCCCC(C)=O.Cc1cc(C)c(C)cc1C. The zero-order chi connectivity index (χ0) is 24.7. The Bertz CT molecular complexity index is 516. The van der Waals surface area contributed by atoms with Gasteiger partial charge < -0.3 is 14.4 Å². The Hall–Kier alpha value is -1.77. The lowest BCUT2D eigenvalue weighted by atomic mass is 10.0. The van der Waals surface area contributed by atoms with Gasteiger partial charge in [-0.05, 0) is 83.6 Å². The molecule has 0 fully saturated rings. The summed E-state index contributed by atoms with van der Waals surface area (Å²) in [5.74, 6) is 0.650. The number of Topliss-reactive ketones (excluding diaryl/α,β-unsaturated/α-hetero) is 2. The second kappa shape index (κ2) is 24.5. The van der Waals surface area contributed by atoms with E-state index in [0.29, 0.717) is 11.6 Å². The van der Waals surface area contributed by atoms with Crippen LogP contribution in [0.2, 0.25) is 0 Å². The first-order chi connectivity index (χ1) is 14.6. The molecule has 1 aromatic rings. The minimum atomic E-state index is 0.325. The Balaban J connectivity index is -0.000000357. The Morgan fingerprint density at radius 2 is 0.903 bits per heavy atom. The minimum Gasteiger partial charge on any atom is -0.304 e. The molecule has 0 unspecified atom stereocenters. The summed E-state index contributed by atoms with van der Waals surface area (Å²) < 4.78 is 0. The number of carbonyl (C=O) groups excluding carboxylic acids is 3. The average molecular weight is 435 g/mol. The molecule has 0 aliphatic rings. The molecule has 0 aliphatic carbocycles. The second-order valence-corrected chi connectivity index (χ2v) is 8.28. The molecular formula is C28H50O3. The molecule has 1 rings (SSSR count). The summed E-state index contributed by atoms with van der Waals surface area (Å²) in [4.78, 5) is 29.6. The third kappa shape index (κ3) is 28.2. The molecular weight excluding hydrogens is 384 g/mol. The maximum atomic E-state index is 10.4. The maximum absolute atomic E-state index is 10.4. The zero-order valence-corrected chi connectivity index (χ0v) is 22.0. The Kier molecular flexibility index (Phi) is 26.8. The van der Waals surface area contributed by atoms with Gasteiger partial charge in [0.1, 0.15) is 17.9 Å². The van der Waals surface area contributed by atoms with Crippen LogP contribution in [0.5, 0.6) is 0 Å². The molecule has 0 saturated carbocycles. The number of aldehydes is 1. The first-order valence-corrected chi connectivity index (χ1v) is 12.0. The van der Waals surface area contributed by atoms with Crippen LogP contribution in [0, 0.1) is 27.7 Å². The molecule has 3 heteroatoms. The first-order valence-electron chi connectivity index (χ1n) is 12.0. The van der Waals surface area contributed by atoms with Gasteiger partial charge in [0.05, 0.1) is 0 Å². The van der Waals surface area contributed by atoms with Gasteiger partial charge in [0.2, 0.25) is 0 Å². The molecule has 1 aromatic carbocycles. The fourth-order valence-electron chi connectivity index (χ4n) is 2.71. The van der Waals surface area contributed by atoms with Crippen molar-refractivity contribution < 1.29 is 14.4 Å². The van der Waals surface area contributed by atoms with E-state index in [1.165, 1.54) is 67.7 Å². The van der Waals surface area contributed by atoms with E-state index >= 15 is 0 Å². The summed E-state index contributed by atoms with van der Waals surface area (Å²) in [5, 5.41) is 0. The van der Waals surface area contributed by atoms with E-state index in [1.807, 2.05) is 0 Å². The molecule has 180 valence electrons. The lowest BCUT2D eigenvalue weighted by Crippen LogP contribution is -1.88. The van der Waals surface area contributed by atoms with E-state index in [2.05, 4.69) is 53.7 Å². The topological polar surface area (TPSA) is 51.2 Å². The van der Waals surface area contributed by atoms with Crippen LogP contribution >= 0.6 is 0 Å². The number of hydrogen-bond acceptors (Lipinski definition) is 3. The Morgan fingerprint density at radius 3 is 1.10 bits per heavy atom. The number of benzene rings is 1. The molecule has 0 saturated heterocycles. The van der Waals surface area contributed by atoms with Gasteiger partial charge in [-0.2, -0.15) is 0 Å². The van der Waals surface area contributed by atoms with Gasteiger partial charge in [0, 0.05) is 12.8 Å². The molecule has 31 heavy (non-hydrogen) atoms. The maximum Gasteiger partial charge on any atom is 0.129 e. The first kappa shape index (κ1) is 33.9. The highest BCUT2D eigenvalue weighted by atomic mass is 16.1. The van der Waals surface area contributed by atoms with Crippen molar-refractivity contribution in [2.45, 2.75) is 127 Å². The third-order valence-electron chi connectivity index (χ3n) is 4.87. The normalized spacial score (nSPS) is 9.19. The number of carbonyl (C=O) groups is 3. The molecule has 0 atom stereocenters. The Labute approximate surface area is 193 Å². The average Bonchev–Trinajstić information content (AvgIpc) is 2.69. The lowest BCUT2D eigenvalue weighted by Gasteiger charge is -2.04. The summed E-state index contributed by atoms with van der Waals surface area (Å²) in [7, 11) is 0. The molecule has 0 aliphatic heterocycles. The number of unbranched alkanes of at least 4 members (excludes halogenated alkanes) is 6. The minimum absolute atomic E-state index is 0.325. The van der Waals surface area contributed by atoms with Crippen LogP contribution in [0.15, 0.2) is 12.1 Å². The number of ketones is 2. The van der Waals surface area contributed by atoms with Crippen molar-refractivity contribution in [3.05, 3.63) is 34.4 Å². The molecule has 0 spiro atoms. The molecule has 0 bridgehead atoms. The summed E-state index contributed by atoms with van der Waals surface area (Å²) in [6, 6.07) is 4.48. The van der Waals surface area contributed by atoms with Gasteiger partial charge in [-0.25, -0.2) is 0 Å². The standard InChI is InChI=1S/C10H14.2C8H16O.C2H4O/c1-7-5-9(3)10(4)6-8(7)2;2*1-3-4-5-6-7-8(2)9;1-2-3/h5-6H,1-4H3;2*3-7H2,1-2H3;2H,1H3. The van der Waals surface area contributed by atoms with Crippen LogP contribution in [0.4, 0.5) is 0 Å². The van der Waals surface area contributed by atoms with Crippen molar-refractivity contribution in [1.29, 1.82) is 0 Å². The molecule has 0 amide bonds. The van der Waals surface area contributed by atoms with Crippen molar-refractivity contribution in [3.8, 4) is 0 Å². The smallest absolute Gasteiger partial charge is 0.129 e. The number of hydrogen-bond donors (Lipinski definition) is 0. The van der Waals surface area contributed by atoms with Crippen molar-refractivity contribution in [2.24, 2.45) is 0 Å². The van der Waals surface area contributed by atoms with Crippen LogP contribution in [-0.4, -0.2) is 17.9 Å². The van der Waals surface area contributed by atoms with Gasteiger partial charge in [-0.1, -0.05) is 64.5 Å². The molecule has 0 radical (unpaired) electrons. The summed E-state index contributed by atoms with van der Waals surface area (Å²) in [6.07, 6.45) is 12.0. The summed E-state index contributed by atoms with van der Waals surface area (Å²) in [5.41, 5.74) is 5.57. The van der Waals surface area contributed by atoms with E-state index in [0.717, 1.165) is 32.0 Å². The predicted molar refractivity (Wildman–Crippen MR) is 136 cm³/mol. The van der Waals surface area contributed by atoms with E-state index in [-0.39, 0.29) is 0 Å². The van der Waals surface area contributed by atoms with Crippen molar-refractivity contribution in [2.75, 3.05) is 0 Å². The highest BCUT2D eigenvalue weighted by molar-refractivity contribution is 5.75. The van der Waals surface area contributed by atoms with E-state index in [9.17, 15) is 9.59 Å². The van der Waals surface area contributed by atoms with Crippen LogP contribution in [0.25, 0.3) is 0 Å². The lowest BCUT2D eigenvalue weighted by molar-refractivity contribution is -0.117. The van der Waals surface area contributed by atoms with Crippen molar-refractivity contribution in [3.63, 3.8) is 0 Å². The van der Waals surface area contributed by atoms with Gasteiger partial charge in [0.25, 0.3) is 0 Å². The van der Waals surface area contributed by atoms with Crippen molar-refractivity contribution >= 4 is 17.9 Å². The number of aryl methyl sites for hydroxylation is 4. The van der Waals surface area contributed by atoms with Crippen LogP contribution in [-0.2, 0) is 14.4 Å². The fourth-order valence-corrected chi connectivity index (χ4v) is 2.71. The molecule has 0 heterocycles. The van der Waals surface area contributed by atoms with E-state index in [4.69, 9.17) is 4.79 Å².